The number of benzene rings is 1. The molecule has 154 valence electrons. The summed E-state index contributed by atoms with van der Waals surface area (Å²) >= 11 is 0. The van der Waals surface area contributed by atoms with Crippen LogP contribution in [0.15, 0.2) is 41.4 Å². The van der Waals surface area contributed by atoms with Crippen molar-refractivity contribution >= 4 is 22.7 Å². The van der Waals surface area contributed by atoms with Gasteiger partial charge in [-0.15, -0.1) is 0 Å². The van der Waals surface area contributed by atoms with Crippen LogP contribution < -0.4 is 15.5 Å². The molecular weight excluding hydrogens is 362 g/mol. The number of rotatable bonds is 7. The van der Waals surface area contributed by atoms with Crippen molar-refractivity contribution in [3.63, 3.8) is 0 Å². The van der Waals surface area contributed by atoms with Gasteiger partial charge in [-0.25, -0.2) is 4.98 Å². The van der Waals surface area contributed by atoms with Crippen molar-refractivity contribution in [2.45, 2.75) is 33.4 Å². The summed E-state index contributed by atoms with van der Waals surface area (Å²) in [6.45, 7) is 6.52. The number of aliphatic imine (C=N–C) groups is 1. The fraction of sp³-hybridized carbons (Fsp3) is 0.409. The SMILES string of the molecule is CN=C(NCCCn1nc(C)cc1C)NCc1cc(N(C)C)nc2ccccc12. The van der Waals surface area contributed by atoms with E-state index in [-0.39, 0.29) is 0 Å². The molecule has 1 aromatic carbocycles. The summed E-state index contributed by atoms with van der Waals surface area (Å²) in [6.07, 6.45) is 0.978. The Kier molecular flexibility index (Phi) is 6.69. The smallest absolute Gasteiger partial charge is 0.191 e. The molecule has 2 N–H and O–H groups in total. The lowest BCUT2D eigenvalue weighted by molar-refractivity contribution is 0.555. The highest BCUT2D eigenvalue weighted by molar-refractivity contribution is 5.85. The summed E-state index contributed by atoms with van der Waals surface area (Å²) < 4.78 is 2.05. The number of aryl methyl sites for hydroxylation is 3. The van der Waals surface area contributed by atoms with Crippen LogP contribution in [-0.2, 0) is 13.1 Å². The Morgan fingerprint density at radius 1 is 1.14 bits per heavy atom. The molecule has 7 nitrogen and oxygen atoms in total. The molecule has 0 saturated heterocycles. The van der Waals surface area contributed by atoms with Crippen LogP contribution in [0, 0.1) is 13.8 Å². The largest absolute Gasteiger partial charge is 0.363 e. The Balaban J connectivity index is 1.58. The summed E-state index contributed by atoms with van der Waals surface area (Å²) in [4.78, 5) is 11.1. The van der Waals surface area contributed by atoms with Gasteiger partial charge in [0.15, 0.2) is 5.96 Å². The summed E-state index contributed by atoms with van der Waals surface area (Å²) in [5.74, 6) is 1.75. The van der Waals surface area contributed by atoms with Crippen LogP contribution in [0.3, 0.4) is 0 Å². The predicted octanol–water partition coefficient (Wildman–Crippen LogP) is 2.87. The van der Waals surface area contributed by atoms with Gasteiger partial charge < -0.3 is 15.5 Å². The van der Waals surface area contributed by atoms with E-state index in [0.29, 0.717) is 6.54 Å². The molecule has 0 atom stereocenters. The van der Waals surface area contributed by atoms with E-state index in [9.17, 15) is 0 Å². The summed E-state index contributed by atoms with van der Waals surface area (Å²) in [5.41, 5.74) is 4.47. The number of nitrogens with zero attached hydrogens (tertiary/aromatic N) is 5. The number of anilines is 1. The molecule has 29 heavy (non-hydrogen) atoms. The zero-order valence-electron chi connectivity index (χ0n) is 18.0. The maximum Gasteiger partial charge on any atom is 0.191 e. The second-order valence-corrected chi connectivity index (χ2v) is 7.41. The normalized spacial score (nSPS) is 11.7. The minimum atomic E-state index is 0.682. The third-order valence-corrected chi connectivity index (χ3v) is 4.86. The molecule has 0 fully saturated rings. The lowest BCUT2D eigenvalue weighted by Gasteiger charge is -2.17. The number of hydrogen-bond donors (Lipinski definition) is 2. The first kappa shape index (κ1) is 20.6. The minimum absolute atomic E-state index is 0.682. The van der Waals surface area contributed by atoms with Crippen molar-refractivity contribution in [1.29, 1.82) is 0 Å². The molecule has 7 heteroatoms. The van der Waals surface area contributed by atoms with E-state index in [1.165, 1.54) is 11.3 Å². The van der Waals surface area contributed by atoms with Crippen molar-refractivity contribution in [1.82, 2.24) is 25.4 Å². The zero-order chi connectivity index (χ0) is 20.8. The van der Waals surface area contributed by atoms with E-state index < -0.39 is 0 Å². The first-order valence-electron chi connectivity index (χ1n) is 9.99. The highest BCUT2D eigenvalue weighted by Gasteiger charge is 2.08. The molecule has 0 spiro atoms. The van der Waals surface area contributed by atoms with Crippen LogP contribution in [0.25, 0.3) is 10.9 Å². The Bertz CT molecular complexity index is 988. The van der Waals surface area contributed by atoms with Gasteiger partial charge in [-0.05, 0) is 44.0 Å². The van der Waals surface area contributed by atoms with Crippen LogP contribution in [0.5, 0.6) is 0 Å². The van der Waals surface area contributed by atoms with Crippen molar-refractivity contribution in [3.8, 4) is 0 Å². The van der Waals surface area contributed by atoms with Crippen molar-refractivity contribution in [2.75, 3.05) is 32.6 Å². The second kappa shape index (κ2) is 9.41. The first-order valence-corrected chi connectivity index (χ1v) is 9.99. The highest BCUT2D eigenvalue weighted by Crippen LogP contribution is 2.21. The van der Waals surface area contributed by atoms with Gasteiger partial charge in [0.2, 0.25) is 0 Å². The third-order valence-electron chi connectivity index (χ3n) is 4.86. The Hall–Kier alpha value is -3.09. The van der Waals surface area contributed by atoms with Gasteiger partial charge in [0.05, 0.1) is 11.2 Å². The van der Waals surface area contributed by atoms with Crippen molar-refractivity contribution in [3.05, 3.63) is 53.3 Å². The molecule has 2 heterocycles. The lowest BCUT2D eigenvalue weighted by Crippen LogP contribution is -2.37. The molecule has 0 radical (unpaired) electrons. The van der Waals surface area contributed by atoms with E-state index in [4.69, 9.17) is 4.98 Å². The van der Waals surface area contributed by atoms with E-state index in [1.54, 1.807) is 7.05 Å². The van der Waals surface area contributed by atoms with Gasteiger partial charge in [-0.2, -0.15) is 5.10 Å². The van der Waals surface area contributed by atoms with Crippen LogP contribution in [0.1, 0.15) is 23.4 Å². The van der Waals surface area contributed by atoms with Gasteiger partial charge >= 0.3 is 0 Å². The first-order chi connectivity index (χ1) is 14.0. The number of guanidine groups is 1. The number of hydrogen-bond acceptors (Lipinski definition) is 4. The number of pyridine rings is 1. The van der Waals surface area contributed by atoms with E-state index in [2.05, 4.69) is 62.7 Å². The maximum absolute atomic E-state index is 4.72. The molecule has 0 aliphatic carbocycles. The fourth-order valence-corrected chi connectivity index (χ4v) is 3.34. The van der Waals surface area contributed by atoms with Gasteiger partial charge in [-0.3, -0.25) is 9.67 Å². The topological polar surface area (TPSA) is 70.4 Å². The number of para-hydroxylation sites is 1. The average molecular weight is 394 g/mol. The molecule has 0 unspecified atom stereocenters. The van der Waals surface area contributed by atoms with Crippen molar-refractivity contribution in [2.24, 2.45) is 4.99 Å². The number of nitrogens with one attached hydrogen (secondary N) is 2. The summed E-state index contributed by atoms with van der Waals surface area (Å²) in [6, 6.07) is 12.5. The standard InChI is InChI=1S/C22H31N7/c1-16-13-17(2)29(27-16)12-8-11-24-22(23-3)25-15-18-14-21(28(4)5)26-20-10-7-6-9-19(18)20/h6-7,9-10,13-14H,8,11-12,15H2,1-5H3,(H2,23,24,25). The predicted molar refractivity (Wildman–Crippen MR) is 121 cm³/mol. The Morgan fingerprint density at radius 3 is 2.62 bits per heavy atom. The molecule has 0 bridgehead atoms. The van der Waals surface area contributed by atoms with E-state index in [0.717, 1.165) is 47.9 Å². The Morgan fingerprint density at radius 2 is 1.93 bits per heavy atom. The fourth-order valence-electron chi connectivity index (χ4n) is 3.34. The molecule has 0 aliphatic heterocycles. The molecule has 0 amide bonds. The van der Waals surface area contributed by atoms with Gasteiger partial charge in [0, 0.05) is 51.9 Å². The van der Waals surface area contributed by atoms with Gasteiger partial charge in [0.1, 0.15) is 5.82 Å². The molecular formula is C22H31N7. The second-order valence-electron chi connectivity index (χ2n) is 7.41. The molecule has 2 aromatic heterocycles. The lowest BCUT2D eigenvalue weighted by atomic mass is 10.1. The number of fused-ring (bicyclic) bond motifs is 1. The van der Waals surface area contributed by atoms with E-state index >= 15 is 0 Å². The van der Waals surface area contributed by atoms with E-state index in [1.807, 2.05) is 32.0 Å². The van der Waals surface area contributed by atoms with Crippen molar-refractivity contribution < 1.29 is 0 Å². The molecule has 0 saturated carbocycles. The molecule has 3 aromatic rings. The highest BCUT2D eigenvalue weighted by atomic mass is 15.3. The average Bonchev–Trinajstić information content (AvgIpc) is 3.03. The zero-order valence-corrected chi connectivity index (χ0v) is 18.0. The Labute approximate surface area is 172 Å². The van der Waals surface area contributed by atoms with Gasteiger partial charge in [-0.1, -0.05) is 18.2 Å². The summed E-state index contributed by atoms with van der Waals surface area (Å²) in [7, 11) is 5.82. The third kappa shape index (κ3) is 5.25. The van der Waals surface area contributed by atoms with Crippen LogP contribution >= 0.6 is 0 Å². The quantitative estimate of drug-likeness (QED) is 0.367. The number of aromatic nitrogens is 3. The van der Waals surface area contributed by atoms with Crippen LogP contribution in [-0.4, -0.2) is 48.4 Å². The molecule has 3 rings (SSSR count). The minimum Gasteiger partial charge on any atom is -0.363 e. The van der Waals surface area contributed by atoms with Gasteiger partial charge in [0.25, 0.3) is 0 Å². The molecule has 0 aliphatic rings. The monoisotopic (exact) mass is 393 g/mol. The summed E-state index contributed by atoms with van der Waals surface area (Å²) in [5, 5.41) is 12.5. The van der Waals surface area contributed by atoms with Crippen LogP contribution in [0.4, 0.5) is 5.82 Å². The van der Waals surface area contributed by atoms with Crippen LogP contribution in [0.2, 0.25) is 0 Å². The maximum atomic E-state index is 4.72.